The number of halogens is 1. The standard InChI is InChI=1S/C10H17BrOS2/c1-2-5-10(9(12)4-6-11)13-7-3-8-14-10/h4,6,9,12H,2-3,5,7-8H2,1H3/b6-4+. The van der Waals surface area contributed by atoms with E-state index in [4.69, 9.17) is 0 Å². The zero-order chi connectivity index (χ0) is 10.4. The highest BCUT2D eigenvalue weighted by atomic mass is 79.9. The molecule has 1 saturated heterocycles. The van der Waals surface area contributed by atoms with Crippen molar-refractivity contribution in [3.8, 4) is 0 Å². The van der Waals surface area contributed by atoms with Crippen molar-refractivity contribution >= 4 is 39.5 Å². The maximum atomic E-state index is 10.1. The van der Waals surface area contributed by atoms with Crippen LogP contribution >= 0.6 is 39.5 Å². The molecule has 1 atom stereocenters. The highest BCUT2D eigenvalue weighted by Crippen LogP contribution is 2.48. The Morgan fingerprint density at radius 3 is 2.64 bits per heavy atom. The fourth-order valence-corrected chi connectivity index (χ4v) is 5.39. The van der Waals surface area contributed by atoms with Gasteiger partial charge in [-0.2, -0.15) is 0 Å². The van der Waals surface area contributed by atoms with Crippen molar-refractivity contribution in [1.29, 1.82) is 0 Å². The Hall–Kier alpha value is 0.880. The number of hydrogen-bond acceptors (Lipinski definition) is 3. The van der Waals surface area contributed by atoms with Crippen molar-refractivity contribution in [2.75, 3.05) is 11.5 Å². The topological polar surface area (TPSA) is 20.2 Å². The number of aliphatic hydroxyl groups excluding tert-OH is 1. The molecule has 1 unspecified atom stereocenters. The first-order chi connectivity index (χ1) is 6.75. The van der Waals surface area contributed by atoms with Gasteiger partial charge in [-0.25, -0.2) is 0 Å². The van der Waals surface area contributed by atoms with Crippen molar-refractivity contribution in [3.63, 3.8) is 0 Å². The summed E-state index contributed by atoms with van der Waals surface area (Å²) in [5.41, 5.74) is 0. The first-order valence-electron chi connectivity index (χ1n) is 4.98. The van der Waals surface area contributed by atoms with Crippen LogP contribution < -0.4 is 0 Å². The molecule has 1 rings (SSSR count). The Labute approximate surface area is 103 Å². The third-order valence-corrected chi connectivity index (χ3v) is 6.15. The van der Waals surface area contributed by atoms with Crippen LogP contribution in [0.4, 0.5) is 0 Å². The molecule has 0 aromatic rings. The monoisotopic (exact) mass is 296 g/mol. The molecule has 1 N–H and O–H groups in total. The van der Waals surface area contributed by atoms with Gasteiger partial charge in [0.1, 0.15) is 0 Å². The van der Waals surface area contributed by atoms with Gasteiger partial charge in [-0.05, 0) is 35.4 Å². The van der Waals surface area contributed by atoms with Gasteiger partial charge in [0.15, 0.2) is 0 Å². The SMILES string of the molecule is CCCC1(C(O)/C=C/Br)SCCCS1. The summed E-state index contributed by atoms with van der Waals surface area (Å²) in [7, 11) is 0. The predicted molar refractivity (Wildman–Crippen MR) is 71.2 cm³/mol. The third kappa shape index (κ3) is 3.19. The fourth-order valence-electron chi connectivity index (χ4n) is 1.62. The lowest BCUT2D eigenvalue weighted by Crippen LogP contribution is -2.37. The summed E-state index contributed by atoms with van der Waals surface area (Å²) in [5.74, 6) is 2.36. The molecule has 0 aromatic carbocycles. The molecule has 1 heterocycles. The molecule has 0 saturated carbocycles. The highest BCUT2D eigenvalue weighted by Gasteiger charge is 2.38. The van der Waals surface area contributed by atoms with Crippen molar-refractivity contribution in [2.24, 2.45) is 0 Å². The summed E-state index contributed by atoms with van der Waals surface area (Å²) < 4.78 is 0.0112. The summed E-state index contributed by atoms with van der Waals surface area (Å²) in [6, 6.07) is 0. The van der Waals surface area contributed by atoms with Crippen molar-refractivity contribution in [3.05, 3.63) is 11.1 Å². The molecule has 0 amide bonds. The Kier molecular flexibility index (Phi) is 5.97. The van der Waals surface area contributed by atoms with E-state index in [-0.39, 0.29) is 10.2 Å². The lowest BCUT2D eigenvalue weighted by Gasteiger charge is -2.38. The predicted octanol–water partition coefficient (Wildman–Crippen LogP) is 3.62. The average Bonchev–Trinajstić information content (AvgIpc) is 2.20. The molecule has 4 heteroatoms. The van der Waals surface area contributed by atoms with E-state index in [1.165, 1.54) is 17.9 Å². The van der Waals surface area contributed by atoms with Crippen LogP contribution in [0.2, 0.25) is 0 Å². The summed E-state index contributed by atoms with van der Waals surface area (Å²) in [6.45, 7) is 2.18. The number of rotatable bonds is 4. The number of thioether (sulfide) groups is 2. The van der Waals surface area contributed by atoms with Gasteiger partial charge in [0, 0.05) is 0 Å². The summed E-state index contributed by atoms with van der Waals surface area (Å²) in [6.07, 6.45) is 5.00. The first-order valence-corrected chi connectivity index (χ1v) is 7.86. The van der Waals surface area contributed by atoms with Crippen LogP contribution in [-0.2, 0) is 0 Å². The van der Waals surface area contributed by atoms with Gasteiger partial charge < -0.3 is 5.11 Å². The van der Waals surface area contributed by atoms with E-state index in [9.17, 15) is 5.11 Å². The second kappa shape index (κ2) is 6.46. The molecule has 14 heavy (non-hydrogen) atoms. The van der Waals surface area contributed by atoms with E-state index in [0.29, 0.717) is 0 Å². The lowest BCUT2D eigenvalue weighted by molar-refractivity contribution is 0.204. The summed E-state index contributed by atoms with van der Waals surface area (Å²) >= 11 is 7.08. The van der Waals surface area contributed by atoms with Crippen molar-refractivity contribution in [1.82, 2.24) is 0 Å². The van der Waals surface area contributed by atoms with Crippen molar-refractivity contribution < 1.29 is 5.11 Å². The van der Waals surface area contributed by atoms with Crippen LogP contribution in [0.15, 0.2) is 11.1 Å². The molecule has 1 fully saturated rings. The molecule has 0 aromatic heterocycles. The van der Waals surface area contributed by atoms with Gasteiger partial charge in [0.25, 0.3) is 0 Å². The zero-order valence-corrected chi connectivity index (χ0v) is 11.6. The number of hydrogen-bond donors (Lipinski definition) is 1. The maximum Gasteiger partial charge on any atom is 0.0967 e. The second-order valence-electron chi connectivity index (χ2n) is 3.38. The van der Waals surface area contributed by atoms with Gasteiger partial charge in [0.2, 0.25) is 0 Å². The molecule has 0 radical (unpaired) electrons. The fraction of sp³-hybridized carbons (Fsp3) is 0.800. The van der Waals surface area contributed by atoms with Gasteiger partial charge in [-0.1, -0.05) is 29.3 Å². The molecule has 1 aliphatic heterocycles. The second-order valence-corrected chi connectivity index (χ2v) is 7.01. The Morgan fingerprint density at radius 2 is 2.14 bits per heavy atom. The Balaban J connectivity index is 2.68. The molecular weight excluding hydrogens is 280 g/mol. The first kappa shape index (κ1) is 12.9. The molecule has 0 bridgehead atoms. The Morgan fingerprint density at radius 1 is 1.50 bits per heavy atom. The van der Waals surface area contributed by atoms with E-state index in [1.807, 2.05) is 29.6 Å². The van der Waals surface area contributed by atoms with E-state index in [1.54, 1.807) is 4.99 Å². The quantitative estimate of drug-likeness (QED) is 0.856. The van der Waals surface area contributed by atoms with Crippen LogP contribution in [0.25, 0.3) is 0 Å². The highest BCUT2D eigenvalue weighted by molar-refractivity contribution is 9.11. The molecule has 1 aliphatic rings. The smallest absolute Gasteiger partial charge is 0.0967 e. The summed E-state index contributed by atoms with van der Waals surface area (Å²) in [4.78, 5) is 1.77. The van der Waals surface area contributed by atoms with E-state index >= 15 is 0 Å². The lowest BCUT2D eigenvalue weighted by atomic mass is 10.1. The van der Waals surface area contributed by atoms with Crippen LogP contribution in [-0.4, -0.2) is 26.8 Å². The third-order valence-electron chi connectivity index (χ3n) is 2.29. The van der Waals surface area contributed by atoms with Gasteiger partial charge in [-0.15, -0.1) is 23.5 Å². The molecular formula is C10H17BrOS2. The van der Waals surface area contributed by atoms with Gasteiger partial charge in [0.05, 0.1) is 10.2 Å². The van der Waals surface area contributed by atoms with Crippen LogP contribution in [0, 0.1) is 0 Å². The van der Waals surface area contributed by atoms with Crippen molar-refractivity contribution in [2.45, 2.75) is 36.4 Å². The van der Waals surface area contributed by atoms with Crippen LogP contribution in [0.5, 0.6) is 0 Å². The zero-order valence-electron chi connectivity index (χ0n) is 8.41. The molecule has 0 spiro atoms. The average molecular weight is 297 g/mol. The largest absolute Gasteiger partial charge is 0.387 e. The van der Waals surface area contributed by atoms with Crippen LogP contribution in [0.3, 0.4) is 0 Å². The molecule has 0 aliphatic carbocycles. The minimum atomic E-state index is -0.336. The molecule has 1 nitrogen and oxygen atoms in total. The van der Waals surface area contributed by atoms with Gasteiger partial charge in [-0.3, -0.25) is 0 Å². The van der Waals surface area contributed by atoms with E-state index in [2.05, 4.69) is 22.9 Å². The molecule has 82 valence electrons. The normalized spacial score (nSPS) is 23.9. The Bertz CT molecular complexity index is 185. The summed E-state index contributed by atoms with van der Waals surface area (Å²) in [5, 5.41) is 10.1. The number of aliphatic hydroxyl groups is 1. The van der Waals surface area contributed by atoms with Gasteiger partial charge >= 0.3 is 0 Å². The van der Waals surface area contributed by atoms with E-state index < -0.39 is 0 Å². The van der Waals surface area contributed by atoms with E-state index in [0.717, 1.165) is 12.8 Å². The minimum Gasteiger partial charge on any atom is -0.387 e. The maximum absolute atomic E-state index is 10.1. The van der Waals surface area contributed by atoms with Crippen LogP contribution in [0.1, 0.15) is 26.2 Å². The minimum absolute atomic E-state index is 0.0112.